The Kier molecular flexibility index (Phi) is 2.11. The summed E-state index contributed by atoms with van der Waals surface area (Å²) in [5.41, 5.74) is 3.40. The first-order valence-corrected chi connectivity index (χ1v) is 5.31. The summed E-state index contributed by atoms with van der Waals surface area (Å²) in [6.45, 7) is 0. The van der Waals surface area contributed by atoms with Crippen molar-refractivity contribution < 1.29 is 0 Å². The fraction of sp³-hybridized carbons (Fsp3) is 0. The summed E-state index contributed by atoms with van der Waals surface area (Å²) in [5.74, 6) is 0. The van der Waals surface area contributed by atoms with Crippen molar-refractivity contribution in [2.24, 2.45) is 0 Å². The molecule has 0 amide bonds. The number of pyridine rings is 1. The molecule has 1 aromatic rings. The molecule has 0 bridgehead atoms. The van der Waals surface area contributed by atoms with Gasteiger partial charge >= 0.3 is 0 Å². The lowest BCUT2D eigenvalue weighted by atomic mass is 10.1. The highest BCUT2D eigenvalue weighted by molar-refractivity contribution is 5.78. The Balaban J connectivity index is 2.41. The molecule has 0 unspecified atom stereocenters. The van der Waals surface area contributed by atoms with E-state index in [0.29, 0.717) is 0 Å². The number of aromatic nitrogens is 2. The van der Waals surface area contributed by atoms with Gasteiger partial charge in [-0.15, -0.1) is 0 Å². The Hall–Kier alpha value is -2.22. The number of aromatic amines is 2. The van der Waals surface area contributed by atoms with Gasteiger partial charge in [0.1, 0.15) is 0 Å². The average molecular weight is 208 g/mol. The summed E-state index contributed by atoms with van der Waals surface area (Å²) in [6, 6.07) is 16.6. The molecular weight excluding hydrogens is 196 g/mol. The van der Waals surface area contributed by atoms with Crippen molar-refractivity contribution in [1.82, 2.24) is 9.97 Å². The van der Waals surface area contributed by atoms with Crippen LogP contribution in [0.25, 0.3) is 22.2 Å². The minimum Gasteiger partial charge on any atom is -0.360 e. The maximum Gasteiger partial charge on any atom is 0.0616 e. The van der Waals surface area contributed by atoms with Gasteiger partial charge in [-0.2, -0.15) is 0 Å². The standard InChI is InChI=1S/C14H12N2/c1-2-6-13-11(4-1)7-8-12-5-3-9-15-14(12)10-16-13/h1-10,15-16H. The van der Waals surface area contributed by atoms with Crippen LogP contribution in [0.1, 0.15) is 0 Å². The molecule has 0 aromatic heterocycles. The van der Waals surface area contributed by atoms with E-state index in [-0.39, 0.29) is 0 Å². The molecular formula is C14H12N2. The molecule has 0 radical (unpaired) electrons. The predicted molar refractivity (Wildman–Crippen MR) is 66.9 cm³/mol. The van der Waals surface area contributed by atoms with E-state index in [1.807, 2.05) is 30.6 Å². The van der Waals surface area contributed by atoms with Crippen LogP contribution in [0.4, 0.5) is 0 Å². The van der Waals surface area contributed by atoms with Crippen molar-refractivity contribution >= 4 is 10.9 Å². The van der Waals surface area contributed by atoms with Crippen LogP contribution in [0, 0.1) is 0 Å². The molecule has 2 heteroatoms. The average Bonchev–Trinajstić information content (AvgIpc) is 2.32. The maximum absolute atomic E-state index is 3.31. The molecule has 3 rings (SSSR count). The molecule has 2 aliphatic heterocycles. The van der Waals surface area contributed by atoms with Gasteiger partial charge in [0.2, 0.25) is 0 Å². The van der Waals surface area contributed by atoms with Gasteiger partial charge in [0, 0.05) is 17.9 Å². The highest BCUT2D eigenvalue weighted by Gasteiger charge is 1.96. The van der Waals surface area contributed by atoms with E-state index in [0.717, 1.165) is 11.2 Å². The van der Waals surface area contributed by atoms with Crippen LogP contribution in [0.15, 0.2) is 60.9 Å². The van der Waals surface area contributed by atoms with Crippen molar-refractivity contribution in [3.05, 3.63) is 60.9 Å². The number of hydrogen-bond acceptors (Lipinski definition) is 0. The van der Waals surface area contributed by atoms with Gasteiger partial charge in [-0.25, -0.2) is 0 Å². The number of H-pyrrole nitrogens is 2. The lowest BCUT2D eigenvalue weighted by molar-refractivity contribution is 1.28. The molecule has 0 fully saturated rings. The SMILES string of the molecule is c1c[nH]c2c[nH]c3ccccc3ccc-2c1. The smallest absolute Gasteiger partial charge is 0.0616 e. The zero-order chi connectivity index (χ0) is 10.8. The first-order chi connectivity index (χ1) is 7.93. The van der Waals surface area contributed by atoms with Crippen LogP contribution in [-0.4, -0.2) is 9.97 Å². The van der Waals surface area contributed by atoms with Gasteiger partial charge in [-0.1, -0.05) is 36.4 Å². The van der Waals surface area contributed by atoms with E-state index < -0.39 is 0 Å². The monoisotopic (exact) mass is 208 g/mol. The number of para-hydroxylation sites is 1. The van der Waals surface area contributed by atoms with Crippen LogP contribution < -0.4 is 0 Å². The van der Waals surface area contributed by atoms with Crippen LogP contribution in [0.3, 0.4) is 0 Å². The van der Waals surface area contributed by atoms with Crippen LogP contribution in [-0.2, 0) is 0 Å². The molecule has 2 N–H and O–H groups in total. The van der Waals surface area contributed by atoms with E-state index in [1.54, 1.807) is 0 Å². The number of hydrogen-bond donors (Lipinski definition) is 2. The van der Waals surface area contributed by atoms with Gasteiger partial charge in [-0.05, 0) is 23.1 Å². The van der Waals surface area contributed by atoms with Crippen molar-refractivity contribution in [1.29, 1.82) is 0 Å². The van der Waals surface area contributed by atoms with Crippen molar-refractivity contribution in [3.8, 4) is 11.3 Å². The van der Waals surface area contributed by atoms with Crippen molar-refractivity contribution in [2.75, 3.05) is 0 Å². The zero-order valence-electron chi connectivity index (χ0n) is 8.77. The number of nitrogens with one attached hydrogen (secondary N) is 2. The molecule has 0 aliphatic carbocycles. The van der Waals surface area contributed by atoms with Gasteiger partial charge in [-0.3, -0.25) is 0 Å². The van der Waals surface area contributed by atoms with E-state index in [1.165, 1.54) is 10.9 Å². The minimum absolute atomic E-state index is 1.09. The van der Waals surface area contributed by atoms with Gasteiger partial charge in [0.25, 0.3) is 0 Å². The Bertz CT molecular complexity index is 575. The van der Waals surface area contributed by atoms with Crippen LogP contribution in [0.2, 0.25) is 0 Å². The second-order valence-electron chi connectivity index (χ2n) is 3.75. The molecule has 0 saturated carbocycles. The zero-order valence-corrected chi connectivity index (χ0v) is 8.77. The van der Waals surface area contributed by atoms with Gasteiger partial charge in [0.15, 0.2) is 0 Å². The Labute approximate surface area is 93.6 Å². The normalized spacial score (nSPS) is 10.5. The van der Waals surface area contributed by atoms with Crippen LogP contribution >= 0.6 is 0 Å². The topological polar surface area (TPSA) is 31.6 Å². The molecule has 78 valence electrons. The number of rotatable bonds is 0. The lowest BCUT2D eigenvalue weighted by Gasteiger charge is -2.02. The number of benzene rings is 1. The molecule has 1 aromatic carbocycles. The third-order valence-corrected chi connectivity index (χ3v) is 2.70. The Morgan fingerprint density at radius 3 is 2.69 bits per heavy atom. The molecule has 2 nitrogen and oxygen atoms in total. The fourth-order valence-electron chi connectivity index (χ4n) is 1.84. The summed E-state index contributed by atoms with van der Waals surface area (Å²) < 4.78 is 0. The van der Waals surface area contributed by atoms with E-state index in [9.17, 15) is 0 Å². The summed E-state index contributed by atoms with van der Waals surface area (Å²) >= 11 is 0. The maximum atomic E-state index is 3.31. The molecule has 0 spiro atoms. The molecule has 0 atom stereocenters. The highest BCUT2D eigenvalue weighted by atomic mass is 14.7. The summed E-state index contributed by atoms with van der Waals surface area (Å²) in [4.78, 5) is 6.53. The number of fused-ring (bicyclic) bond motifs is 2. The van der Waals surface area contributed by atoms with E-state index in [4.69, 9.17) is 0 Å². The van der Waals surface area contributed by atoms with E-state index >= 15 is 0 Å². The van der Waals surface area contributed by atoms with Crippen molar-refractivity contribution in [2.45, 2.75) is 0 Å². The molecule has 2 heterocycles. The van der Waals surface area contributed by atoms with Gasteiger partial charge in [0.05, 0.1) is 5.69 Å². The second kappa shape index (κ2) is 3.74. The first kappa shape index (κ1) is 9.04. The predicted octanol–water partition coefficient (Wildman–Crippen LogP) is 3.73. The minimum atomic E-state index is 1.09. The fourth-order valence-corrected chi connectivity index (χ4v) is 1.84. The third-order valence-electron chi connectivity index (χ3n) is 2.70. The lowest BCUT2D eigenvalue weighted by Crippen LogP contribution is -1.84. The first-order valence-electron chi connectivity index (χ1n) is 5.31. The molecule has 0 saturated heterocycles. The summed E-state index contributed by atoms with van der Waals surface area (Å²) in [5, 5.41) is 1.20. The Morgan fingerprint density at radius 2 is 1.69 bits per heavy atom. The summed E-state index contributed by atoms with van der Waals surface area (Å²) in [7, 11) is 0. The quantitative estimate of drug-likeness (QED) is 0.564. The van der Waals surface area contributed by atoms with Gasteiger partial charge < -0.3 is 9.97 Å². The third kappa shape index (κ3) is 1.54. The Morgan fingerprint density at radius 1 is 0.750 bits per heavy atom. The van der Waals surface area contributed by atoms with Crippen molar-refractivity contribution in [3.63, 3.8) is 0 Å². The van der Waals surface area contributed by atoms with E-state index in [2.05, 4.69) is 40.3 Å². The highest BCUT2D eigenvalue weighted by Crippen LogP contribution is 2.17. The molecule has 16 heavy (non-hydrogen) atoms. The summed E-state index contributed by atoms with van der Waals surface area (Å²) in [6.07, 6.45) is 3.93. The van der Waals surface area contributed by atoms with Crippen LogP contribution in [0.5, 0.6) is 0 Å². The molecule has 2 aliphatic rings. The largest absolute Gasteiger partial charge is 0.360 e. The second-order valence-corrected chi connectivity index (χ2v) is 3.75.